The van der Waals surface area contributed by atoms with Crippen LogP contribution in [0.2, 0.25) is 0 Å². The minimum Gasteiger partial charge on any atom is -0.460 e. The molecule has 0 saturated heterocycles. The summed E-state index contributed by atoms with van der Waals surface area (Å²) in [6.07, 6.45) is 3.48. The van der Waals surface area contributed by atoms with Gasteiger partial charge in [-0.15, -0.1) is 0 Å². The van der Waals surface area contributed by atoms with Crippen LogP contribution >= 0.6 is 22.6 Å². The van der Waals surface area contributed by atoms with Crippen molar-refractivity contribution in [3.05, 3.63) is 32.9 Å². The summed E-state index contributed by atoms with van der Waals surface area (Å²) in [6.45, 7) is 7.28. The number of carbonyl (C=O) groups is 2. The maximum absolute atomic E-state index is 12.3. The molecular weight excluding hydrogens is 435 g/mol. The molecule has 1 aromatic carbocycles. The highest BCUT2D eigenvalue weighted by Crippen LogP contribution is 2.16. The van der Waals surface area contributed by atoms with Crippen molar-refractivity contribution < 1.29 is 23.8 Å². The van der Waals surface area contributed by atoms with Gasteiger partial charge in [0.25, 0.3) is 0 Å². The van der Waals surface area contributed by atoms with Crippen molar-refractivity contribution in [3.63, 3.8) is 0 Å². The molecule has 0 amide bonds. The smallest absolute Gasteiger partial charge is 0.338 e. The summed E-state index contributed by atoms with van der Waals surface area (Å²) in [5, 5.41) is 0. The van der Waals surface area contributed by atoms with Crippen LogP contribution in [0.15, 0.2) is 18.2 Å². The zero-order valence-electron chi connectivity index (χ0n) is 15.2. The van der Waals surface area contributed by atoms with Crippen molar-refractivity contribution in [2.75, 3.05) is 19.8 Å². The summed E-state index contributed by atoms with van der Waals surface area (Å²) >= 11 is 2.07. The third-order valence-corrected chi connectivity index (χ3v) is 4.28. The Kier molecular flexibility index (Phi) is 10.7. The fourth-order valence-corrected chi connectivity index (χ4v) is 2.80. The zero-order valence-corrected chi connectivity index (χ0v) is 17.3. The second-order valence-electron chi connectivity index (χ2n) is 5.67. The maximum Gasteiger partial charge on any atom is 0.338 e. The molecule has 0 aliphatic carbocycles. The largest absolute Gasteiger partial charge is 0.460 e. The molecule has 5 nitrogen and oxygen atoms in total. The summed E-state index contributed by atoms with van der Waals surface area (Å²) in [5.74, 6) is -0.877. The number of ether oxygens (including phenoxy) is 3. The summed E-state index contributed by atoms with van der Waals surface area (Å²) in [6, 6.07) is 4.91. The van der Waals surface area contributed by atoms with Gasteiger partial charge in [0, 0.05) is 10.2 Å². The Morgan fingerprint density at radius 1 is 0.960 bits per heavy atom. The Bertz CT molecular complexity index is 555. The molecule has 0 heterocycles. The Balaban J connectivity index is 2.64. The first kappa shape index (κ1) is 21.9. The molecule has 0 spiro atoms. The molecule has 6 heteroatoms. The van der Waals surface area contributed by atoms with Gasteiger partial charge in [-0.3, -0.25) is 0 Å². The van der Waals surface area contributed by atoms with E-state index in [9.17, 15) is 9.59 Å². The van der Waals surface area contributed by atoms with Crippen LogP contribution in [-0.2, 0) is 14.2 Å². The molecule has 25 heavy (non-hydrogen) atoms. The second-order valence-corrected chi connectivity index (χ2v) is 6.92. The van der Waals surface area contributed by atoms with E-state index < -0.39 is 11.9 Å². The van der Waals surface area contributed by atoms with Crippen molar-refractivity contribution in [3.8, 4) is 0 Å². The number of benzene rings is 1. The number of halogens is 1. The van der Waals surface area contributed by atoms with Crippen molar-refractivity contribution in [1.29, 1.82) is 0 Å². The first-order chi connectivity index (χ1) is 12.0. The van der Waals surface area contributed by atoms with Crippen LogP contribution < -0.4 is 0 Å². The lowest BCUT2D eigenvalue weighted by atomic mass is 10.1. The van der Waals surface area contributed by atoms with Crippen LogP contribution in [0.25, 0.3) is 0 Å². The normalized spacial score (nSPS) is 10.8. The predicted octanol–water partition coefficient (Wildman–Crippen LogP) is 4.61. The van der Waals surface area contributed by atoms with E-state index in [4.69, 9.17) is 14.2 Å². The van der Waals surface area contributed by atoms with E-state index in [0.29, 0.717) is 24.3 Å². The third-order valence-electron chi connectivity index (χ3n) is 3.66. The average molecular weight is 462 g/mol. The Morgan fingerprint density at radius 3 is 2.20 bits per heavy atom. The summed E-state index contributed by atoms with van der Waals surface area (Å²) in [5.41, 5.74) is 0.710. The topological polar surface area (TPSA) is 61.8 Å². The quantitative estimate of drug-likeness (QED) is 0.273. The molecular formula is C19H27IO5. The van der Waals surface area contributed by atoms with E-state index in [1.165, 1.54) is 6.07 Å². The van der Waals surface area contributed by atoms with E-state index in [-0.39, 0.29) is 12.7 Å². The van der Waals surface area contributed by atoms with Crippen LogP contribution in [0.3, 0.4) is 0 Å². The molecule has 1 aromatic rings. The van der Waals surface area contributed by atoms with Crippen molar-refractivity contribution in [1.82, 2.24) is 0 Å². The Morgan fingerprint density at radius 2 is 1.60 bits per heavy atom. The summed E-state index contributed by atoms with van der Waals surface area (Å²) in [7, 11) is 0. The third kappa shape index (κ3) is 8.18. The number of esters is 2. The minimum absolute atomic E-state index is 0.110. The SMILES string of the molecule is CCCCOCCOC(=O)c1cc(I)cc(C(=O)OC(CC)CC)c1. The van der Waals surface area contributed by atoms with Crippen LogP contribution in [0.4, 0.5) is 0 Å². The Hall–Kier alpha value is -1.15. The summed E-state index contributed by atoms with van der Waals surface area (Å²) in [4.78, 5) is 24.4. The fraction of sp³-hybridized carbons (Fsp3) is 0.579. The highest BCUT2D eigenvalue weighted by Gasteiger charge is 2.17. The molecule has 0 aromatic heterocycles. The van der Waals surface area contributed by atoms with Gasteiger partial charge in [-0.25, -0.2) is 9.59 Å². The molecule has 0 radical (unpaired) electrons. The first-order valence-corrected chi connectivity index (χ1v) is 9.86. The lowest BCUT2D eigenvalue weighted by molar-refractivity contribution is 0.0284. The standard InChI is InChI=1S/C19H27IO5/c1-4-7-8-23-9-10-24-18(21)14-11-15(13-16(20)12-14)19(22)25-17(5-2)6-3/h11-13,17H,4-10H2,1-3H3. The average Bonchev–Trinajstić information content (AvgIpc) is 2.61. The van der Waals surface area contributed by atoms with Gasteiger partial charge >= 0.3 is 11.9 Å². The van der Waals surface area contributed by atoms with Gasteiger partial charge in [0.1, 0.15) is 12.7 Å². The monoisotopic (exact) mass is 462 g/mol. The molecule has 0 bridgehead atoms. The van der Waals surface area contributed by atoms with Crippen LogP contribution in [0.1, 0.15) is 67.2 Å². The number of unbranched alkanes of at least 4 members (excludes halogenated alkanes) is 1. The van der Waals surface area contributed by atoms with Gasteiger partial charge in [-0.05, 0) is 60.1 Å². The predicted molar refractivity (Wildman–Crippen MR) is 105 cm³/mol. The number of carbonyl (C=O) groups excluding carboxylic acids is 2. The lowest BCUT2D eigenvalue weighted by Gasteiger charge is -2.14. The van der Waals surface area contributed by atoms with E-state index in [1.807, 2.05) is 13.8 Å². The summed E-state index contributed by atoms with van der Waals surface area (Å²) < 4.78 is 16.8. The fourth-order valence-electron chi connectivity index (χ4n) is 2.13. The van der Waals surface area contributed by atoms with E-state index in [1.54, 1.807) is 12.1 Å². The molecule has 0 atom stereocenters. The first-order valence-electron chi connectivity index (χ1n) is 8.78. The van der Waals surface area contributed by atoms with Gasteiger partial charge in [0.05, 0.1) is 17.7 Å². The van der Waals surface area contributed by atoms with Crippen LogP contribution in [-0.4, -0.2) is 37.9 Å². The van der Waals surface area contributed by atoms with E-state index >= 15 is 0 Å². The molecule has 0 aliphatic heterocycles. The number of hydrogen-bond donors (Lipinski definition) is 0. The van der Waals surface area contributed by atoms with Crippen molar-refractivity contribution in [2.24, 2.45) is 0 Å². The second kappa shape index (κ2) is 12.2. The Labute approximate surface area is 163 Å². The minimum atomic E-state index is -0.464. The van der Waals surface area contributed by atoms with Crippen molar-refractivity contribution >= 4 is 34.5 Å². The van der Waals surface area contributed by atoms with Crippen LogP contribution in [0.5, 0.6) is 0 Å². The van der Waals surface area contributed by atoms with Gasteiger partial charge in [0.2, 0.25) is 0 Å². The zero-order chi connectivity index (χ0) is 18.7. The molecule has 0 saturated carbocycles. The molecule has 0 aliphatic rings. The lowest BCUT2D eigenvalue weighted by Crippen LogP contribution is -2.17. The molecule has 140 valence electrons. The van der Waals surface area contributed by atoms with Gasteiger partial charge < -0.3 is 14.2 Å². The highest BCUT2D eigenvalue weighted by atomic mass is 127. The highest BCUT2D eigenvalue weighted by molar-refractivity contribution is 14.1. The maximum atomic E-state index is 12.3. The molecule has 0 N–H and O–H groups in total. The molecule has 0 unspecified atom stereocenters. The van der Waals surface area contributed by atoms with Crippen molar-refractivity contribution in [2.45, 2.75) is 52.6 Å². The van der Waals surface area contributed by atoms with E-state index in [2.05, 4.69) is 29.5 Å². The van der Waals surface area contributed by atoms with E-state index in [0.717, 1.165) is 29.3 Å². The number of rotatable bonds is 11. The number of hydrogen-bond acceptors (Lipinski definition) is 5. The molecule has 1 rings (SSSR count). The molecule has 0 fully saturated rings. The van der Waals surface area contributed by atoms with Gasteiger partial charge in [0.15, 0.2) is 0 Å². The van der Waals surface area contributed by atoms with Gasteiger partial charge in [-0.1, -0.05) is 27.2 Å². The van der Waals surface area contributed by atoms with Crippen LogP contribution in [0, 0.1) is 3.57 Å². The van der Waals surface area contributed by atoms with Gasteiger partial charge in [-0.2, -0.15) is 0 Å².